The lowest BCUT2D eigenvalue weighted by Gasteiger charge is -2.17. The maximum absolute atomic E-state index is 11.6. The Hall–Kier alpha value is -1.06. The van der Waals surface area contributed by atoms with Gasteiger partial charge in [0, 0.05) is 5.02 Å². The van der Waals surface area contributed by atoms with Crippen LogP contribution in [0.3, 0.4) is 0 Å². The Bertz CT molecular complexity index is 351. The molecule has 0 radical (unpaired) electrons. The van der Waals surface area contributed by atoms with Crippen molar-refractivity contribution >= 4 is 17.5 Å². The molecule has 3 nitrogen and oxygen atoms in total. The van der Waals surface area contributed by atoms with Gasteiger partial charge in [0.05, 0.1) is 12.6 Å². The number of benzene rings is 1. The van der Waals surface area contributed by atoms with Gasteiger partial charge in [0.25, 0.3) is 0 Å². The second-order valence-electron chi connectivity index (χ2n) is 3.86. The summed E-state index contributed by atoms with van der Waals surface area (Å²) in [6.45, 7) is 5.18. The number of rotatable bonds is 6. The Labute approximate surface area is 108 Å². The van der Waals surface area contributed by atoms with Crippen molar-refractivity contribution in [3.8, 4) is 0 Å². The molecule has 17 heavy (non-hydrogen) atoms. The van der Waals surface area contributed by atoms with Gasteiger partial charge in [-0.1, -0.05) is 37.6 Å². The van der Waals surface area contributed by atoms with Crippen molar-refractivity contribution in [1.82, 2.24) is 10.6 Å². The van der Waals surface area contributed by atoms with E-state index in [2.05, 4.69) is 10.6 Å². The molecule has 1 aromatic carbocycles. The molecule has 1 rings (SSSR count). The van der Waals surface area contributed by atoms with Gasteiger partial charge in [-0.2, -0.15) is 0 Å². The zero-order chi connectivity index (χ0) is 12.7. The van der Waals surface area contributed by atoms with Gasteiger partial charge in [0.1, 0.15) is 0 Å². The smallest absolute Gasteiger partial charge is 0.234 e. The van der Waals surface area contributed by atoms with Gasteiger partial charge in [-0.05, 0) is 30.7 Å². The number of halogens is 1. The van der Waals surface area contributed by atoms with Gasteiger partial charge in [0.2, 0.25) is 5.91 Å². The Balaban J connectivity index is 2.59. The molecular weight excluding hydrogens is 236 g/mol. The molecule has 0 bridgehead atoms. The van der Waals surface area contributed by atoms with Crippen molar-refractivity contribution in [3.63, 3.8) is 0 Å². The lowest BCUT2D eigenvalue weighted by atomic mass is 10.0. The molecule has 0 saturated carbocycles. The summed E-state index contributed by atoms with van der Waals surface area (Å²) in [6.07, 6.45) is 0.861. The van der Waals surface area contributed by atoms with E-state index in [1.165, 1.54) is 0 Å². The van der Waals surface area contributed by atoms with Crippen molar-refractivity contribution in [3.05, 3.63) is 34.9 Å². The molecule has 0 heterocycles. The van der Waals surface area contributed by atoms with E-state index in [0.717, 1.165) is 18.5 Å². The van der Waals surface area contributed by atoms with Crippen LogP contribution < -0.4 is 10.6 Å². The molecule has 0 aromatic heterocycles. The SMILES string of the molecule is CCNCC(=O)NC(CC)c1ccc(Cl)cc1. The van der Waals surface area contributed by atoms with Crippen molar-refractivity contribution in [2.24, 2.45) is 0 Å². The molecule has 0 aliphatic rings. The number of likely N-dealkylation sites (N-methyl/N-ethyl adjacent to an activating group) is 1. The van der Waals surface area contributed by atoms with Crippen LogP contribution in [-0.4, -0.2) is 19.0 Å². The van der Waals surface area contributed by atoms with Gasteiger partial charge in [-0.3, -0.25) is 4.79 Å². The van der Waals surface area contributed by atoms with Crippen LogP contribution >= 0.6 is 11.6 Å². The highest BCUT2D eigenvalue weighted by Crippen LogP contribution is 2.18. The molecule has 0 spiro atoms. The third-order valence-electron chi connectivity index (χ3n) is 2.55. The molecule has 1 unspecified atom stereocenters. The topological polar surface area (TPSA) is 41.1 Å². The summed E-state index contributed by atoms with van der Waals surface area (Å²) in [5, 5.41) is 6.71. The lowest BCUT2D eigenvalue weighted by Crippen LogP contribution is -2.36. The Kier molecular flexibility index (Phi) is 6.01. The minimum Gasteiger partial charge on any atom is -0.348 e. The van der Waals surface area contributed by atoms with Crippen LogP contribution in [0, 0.1) is 0 Å². The zero-order valence-corrected chi connectivity index (χ0v) is 11.1. The van der Waals surface area contributed by atoms with Crippen LogP contribution in [0.5, 0.6) is 0 Å². The van der Waals surface area contributed by atoms with E-state index < -0.39 is 0 Å². The van der Waals surface area contributed by atoms with E-state index in [0.29, 0.717) is 11.6 Å². The van der Waals surface area contributed by atoms with E-state index in [1.54, 1.807) is 0 Å². The highest BCUT2D eigenvalue weighted by molar-refractivity contribution is 6.30. The predicted octanol–water partition coefficient (Wildman–Crippen LogP) is 2.52. The number of hydrogen-bond acceptors (Lipinski definition) is 2. The largest absolute Gasteiger partial charge is 0.348 e. The summed E-state index contributed by atoms with van der Waals surface area (Å²) in [5.74, 6) is 0.0219. The van der Waals surface area contributed by atoms with Crippen LogP contribution in [-0.2, 0) is 4.79 Å². The predicted molar refractivity (Wildman–Crippen MR) is 71.2 cm³/mol. The molecule has 0 saturated heterocycles. The van der Waals surface area contributed by atoms with E-state index in [4.69, 9.17) is 11.6 Å². The number of carbonyl (C=O) groups is 1. The highest BCUT2D eigenvalue weighted by atomic mass is 35.5. The summed E-state index contributed by atoms with van der Waals surface area (Å²) < 4.78 is 0. The second-order valence-corrected chi connectivity index (χ2v) is 4.30. The number of amides is 1. The van der Waals surface area contributed by atoms with Crippen LogP contribution in [0.2, 0.25) is 5.02 Å². The average Bonchev–Trinajstić information content (AvgIpc) is 2.34. The first-order chi connectivity index (χ1) is 8.17. The van der Waals surface area contributed by atoms with Crippen LogP contribution in [0.15, 0.2) is 24.3 Å². The van der Waals surface area contributed by atoms with E-state index in [-0.39, 0.29) is 11.9 Å². The van der Waals surface area contributed by atoms with Gasteiger partial charge < -0.3 is 10.6 Å². The van der Waals surface area contributed by atoms with E-state index in [9.17, 15) is 4.79 Å². The molecule has 2 N–H and O–H groups in total. The summed E-state index contributed by atoms with van der Waals surface area (Å²) in [7, 11) is 0. The fraction of sp³-hybridized carbons (Fsp3) is 0.462. The van der Waals surface area contributed by atoms with Gasteiger partial charge >= 0.3 is 0 Å². The van der Waals surface area contributed by atoms with Crippen LogP contribution in [0.25, 0.3) is 0 Å². The minimum atomic E-state index is 0.0219. The molecule has 0 fully saturated rings. The summed E-state index contributed by atoms with van der Waals surface area (Å²) in [5.41, 5.74) is 1.08. The molecule has 1 amide bonds. The average molecular weight is 255 g/mol. The molecule has 0 aliphatic carbocycles. The fourth-order valence-corrected chi connectivity index (χ4v) is 1.73. The monoisotopic (exact) mass is 254 g/mol. The first kappa shape index (κ1) is 14.0. The highest BCUT2D eigenvalue weighted by Gasteiger charge is 2.11. The fourth-order valence-electron chi connectivity index (χ4n) is 1.60. The lowest BCUT2D eigenvalue weighted by molar-refractivity contribution is -0.121. The molecular formula is C13H19ClN2O. The van der Waals surface area contributed by atoms with E-state index >= 15 is 0 Å². The third kappa shape index (κ3) is 4.75. The maximum atomic E-state index is 11.6. The Morgan fingerprint density at radius 3 is 2.47 bits per heavy atom. The molecule has 1 aromatic rings. The van der Waals surface area contributed by atoms with Crippen molar-refractivity contribution < 1.29 is 4.79 Å². The molecule has 0 aliphatic heterocycles. The van der Waals surface area contributed by atoms with Gasteiger partial charge in [0.15, 0.2) is 0 Å². The molecule has 1 atom stereocenters. The molecule has 94 valence electrons. The third-order valence-corrected chi connectivity index (χ3v) is 2.80. The van der Waals surface area contributed by atoms with Gasteiger partial charge in [-0.15, -0.1) is 0 Å². The van der Waals surface area contributed by atoms with Crippen molar-refractivity contribution in [1.29, 1.82) is 0 Å². The molecule has 4 heteroatoms. The first-order valence-electron chi connectivity index (χ1n) is 5.92. The Morgan fingerprint density at radius 2 is 1.94 bits per heavy atom. The Morgan fingerprint density at radius 1 is 1.29 bits per heavy atom. The summed E-state index contributed by atoms with van der Waals surface area (Å²) in [6, 6.07) is 7.64. The maximum Gasteiger partial charge on any atom is 0.234 e. The van der Waals surface area contributed by atoms with Crippen LogP contribution in [0.4, 0.5) is 0 Å². The first-order valence-corrected chi connectivity index (χ1v) is 6.30. The number of nitrogens with one attached hydrogen (secondary N) is 2. The van der Waals surface area contributed by atoms with Gasteiger partial charge in [-0.25, -0.2) is 0 Å². The zero-order valence-electron chi connectivity index (χ0n) is 10.3. The minimum absolute atomic E-state index is 0.0219. The summed E-state index contributed by atoms with van der Waals surface area (Å²) in [4.78, 5) is 11.6. The van der Waals surface area contributed by atoms with Crippen molar-refractivity contribution in [2.45, 2.75) is 26.3 Å². The van der Waals surface area contributed by atoms with E-state index in [1.807, 2.05) is 38.1 Å². The number of hydrogen-bond donors (Lipinski definition) is 2. The van der Waals surface area contributed by atoms with Crippen LogP contribution in [0.1, 0.15) is 31.9 Å². The number of carbonyl (C=O) groups excluding carboxylic acids is 1. The standard InChI is InChI=1S/C13H19ClN2O/c1-3-12(16-13(17)9-15-4-2)10-5-7-11(14)8-6-10/h5-8,12,15H,3-4,9H2,1-2H3,(H,16,17). The van der Waals surface area contributed by atoms with Crippen molar-refractivity contribution in [2.75, 3.05) is 13.1 Å². The quantitative estimate of drug-likeness (QED) is 0.819. The summed E-state index contributed by atoms with van der Waals surface area (Å²) >= 11 is 5.84. The normalized spacial score (nSPS) is 12.2. The second kappa shape index (κ2) is 7.30.